The van der Waals surface area contributed by atoms with Crippen molar-refractivity contribution in [1.29, 1.82) is 0 Å². The van der Waals surface area contributed by atoms with Gasteiger partial charge in [0.15, 0.2) is 0 Å². The molecule has 3 nitrogen and oxygen atoms in total. The van der Waals surface area contributed by atoms with Crippen LogP contribution >= 0.6 is 0 Å². The molecule has 3 heteroatoms. The number of rotatable bonds is 4. The van der Waals surface area contributed by atoms with Crippen LogP contribution in [-0.2, 0) is 0 Å². The van der Waals surface area contributed by atoms with E-state index in [1.807, 2.05) is 0 Å². The molecule has 3 atom stereocenters. The summed E-state index contributed by atoms with van der Waals surface area (Å²) in [5.74, 6) is 2.67. The molecule has 1 N–H and O–H groups in total. The van der Waals surface area contributed by atoms with E-state index in [2.05, 4.69) is 55.3 Å². The highest BCUT2D eigenvalue weighted by atomic mass is 16.5. The van der Waals surface area contributed by atoms with Gasteiger partial charge in [0.1, 0.15) is 12.4 Å². The molecule has 2 aliphatic heterocycles. The van der Waals surface area contributed by atoms with Crippen molar-refractivity contribution in [3.05, 3.63) is 29.8 Å². The molecule has 3 rings (SSSR count). The molecule has 21 heavy (non-hydrogen) atoms. The normalized spacial score (nSPS) is 29.4. The van der Waals surface area contributed by atoms with Gasteiger partial charge in [0.05, 0.1) is 12.1 Å². The Balaban J connectivity index is 1.79. The molecule has 2 heterocycles. The quantitative estimate of drug-likeness (QED) is 0.921. The Morgan fingerprint density at radius 2 is 2.14 bits per heavy atom. The molecule has 0 bridgehead atoms. The maximum absolute atomic E-state index is 6.04. The smallest absolute Gasteiger partial charge is 0.124 e. The van der Waals surface area contributed by atoms with Crippen molar-refractivity contribution >= 4 is 0 Å². The predicted octanol–water partition coefficient (Wildman–Crippen LogP) is 3.08. The minimum absolute atomic E-state index is 0.394. The molecule has 0 radical (unpaired) electrons. The Kier molecular flexibility index (Phi) is 4.51. The average molecular weight is 288 g/mol. The van der Waals surface area contributed by atoms with Crippen LogP contribution in [0.5, 0.6) is 5.75 Å². The van der Waals surface area contributed by atoms with Crippen LogP contribution in [0.4, 0.5) is 0 Å². The van der Waals surface area contributed by atoms with Crippen LogP contribution < -0.4 is 10.1 Å². The zero-order valence-corrected chi connectivity index (χ0v) is 13.5. The van der Waals surface area contributed by atoms with Crippen LogP contribution in [0, 0.1) is 11.8 Å². The Bertz CT molecular complexity index is 474. The maximum Gasteiger partial charge on any atom is 0.124 e. The minimum atomic E-state index is 0.394. The molecular weight excluding hydrogens is 260 g/mol. The van der Waals surface area contributed by atoms with Gasteiger partial charge in [0.25, 0.3) is 0 Å². The number of nitrogens with one attached hydrogen (secondary N) is 1. The first-order chi connectivity index (χ1) is 10.2. The van der Waals surface area contributed by atoms with Gasteiger partial charge in [-0.3, -0.25) is 4.90 Å². The minimum Gasteiger partial charge on any atom is -0.492 e. The van der Waals surface area contributed by atoms with Crippen molar-refractivity contribution in [3.63, 3.8) is 0 Å². The number of likely N-dealkylation sites (N-methyl/N-ethyl adjacent to an activating group) is 1. The second-order valence-electron chi connectivity index (χ2n) is 6.74. The van der Waals surface area contributed by atoms with Crippen molar-refractivity contribution in [3.8, 4) is 5.75 Å². The molecule has 0 spiro atoms. The van der Waals surface area contributed by atoms with E-state index in [1.165, 1.54) is 25.1 Å². The van der Waals surface area contributed by atoms with E-state index in [-0.39, 0.29) is 0 Å². The van der Waals surface area contributed by atoms with Gasteiger partial charge in [-0.1, -0.05) is 39.0 Å². The first-order valence-electron chi connectivity index (χ1n) is 8.39. The predicted molar refractivity (Wildman–Crippen MR) is 86.7 cm³/mol. The van der Waals surface area contributed by atoms with Crippen LogP contribution in [0.3, 0.4) is 0 Å². The van der Waals surface area contributed by atoms with Crippen molar-refractivity contribution in [1.82, 2.24) is 10.2 Å². The number of likely N-dealkylation sites (tertiary alicyclic amines) is 1. The van der Waals surface area contributed by atoms with Crippen molar-refractivity contribution in [2.24, 2.45) is 11.8 Å². The zero-order chi connectivity index (χ0) is 14.8. The fourth-order valence-corrected chi connectivity index (χ4v) is 3.79. The molecule has 0 aromatic heterocycles. The van der Waals surface area contributed by atoms with Gasteiger partial charge in [0.2, 0.25) is 0 Å². The van der Waals surface area contributed by atoms with Gasteiger partial charge in [0, 0.05) is 12.1 Å². The third kappa shape index (κ3) is 2.95. The largest absolute Gasteiger partial charge is 0.492 e. The lowest BCUT2D eigenvalue weighted by Crippen LogP contribution is -2.49. The number of fused-ring (bicyclic) bond motifs is 1. The number of benzene rings is 1. The molecule has 0 amide bonds. The molecule has 1 aromatic carbocycles. The maximum atomic E-state index is 6.04. The van der Waals surface area contributed by atoms with Crippen molar-refractivity contribution in [2.45, 2.75) is 39.3 Å². The Morgan fingerprint density at radius 1 is 1.33 bits per heavy atom. The first-order valence-corrected chi connectivity index (χ1v) is 8.39. The number of nitrogens with zero attached hydrogens (tertiary/aromatic N) is 1. The highest BCUT2D eigenvalue weighted by Gasteiger charge is 2.38. The Morgan fingerprint density at radius 3 is 2.86 bits per heavy atom. The van der Waals surface area contributed by atoms with E-state index in [4.69, 9.17) is 4.74 Å². The summed E-state index contributed by atoms with van der Waals surface area (Å²) < 4.78 is 6.04. The molecule has 2 aliphatic rings. The molecular formula is C18H28N2O. The molecule has 3 unspecified atom stereocenters. The number of hydrogen-bond acceptors (Lipinski definition) is 3. The topological polar surface area (TPSA) is 24.5 Å². The highest BCUT2D eigenvalue weighted by Crippen LogP contribution is 2.36. The first kappa shape index (κ1) is 14.9. The van der Waals surface area contributed by atoms with E-state index in [0.717, 1.165) is 30.7 Å². The number of hydrogen-bond donors (Lipinski definition) is 1. The standard InChI is InChI=1S/C18H28N2O/c1-4-19-18-15-7-5-6-8-17(15)21-12-16(18)20-10-9-14(11-20)13(2)3/h5-8,13-14,16,18-19H,4,9-12H2,1-3H3. The summed E-state index contributed by atoms with van der Waals surface area (Å²) in [6.07, 6.45) is 1.33. The lowest BCUT2D eigenvalue weighted by molar-refractivity contribution is 0.100. The lowest BCUT2D eigenvalue weighted by Gasteiger charge is -2.39. The summed E-state index contributed by atoms with van der Waals surface area (Å²) in [4.78, 5) is 2.65. The third-order valence-electron chi connectivity index (χ3n) is 5.14. The van der Waals surface area contributed by atoms with Gasteiger partial charge in [-0.2, -0.15) is 0 Å². The van der Waals surface area contributed by atoms with Crippen LogP contribution in [0.2, 0.25) is 0 Å². The summed E-state index contributed by atoms with van der Waals surface area (Å²) >= 11 is 0. The average Bonchev–Trinajstić information content (AvgIpc) is 2.98. The number of para-hydroxylation sites is 1. The SMILES string of the molecule is CCNC1c2ccccc2OCC1N1CCC(C(C)C)C1. The second kappa shape index (κ2) is 6.37. The fourth-order valence-electron chi connectivity index (χ4n) is 3.79. The highest BCUT2D eigenvalue weighted by molar-refractivity contribution is 5.38. The van der Waals surface area contributed by atoms with Crippen LogP contribution in [0.1, 0.15) is 38.8 Å². The van der Waals surface area contributed by atoms with Crippen LogP contribution in [-0.4, -0.2) is 37.2 Å². The summed E-state index contributed by atoms with van der Waals surface area (Å²) in [5, 5.41) is 3.69. The molecule has 0 saturated carbocycles. The van der Waals surface area contributed by atoms with E-state index in [9.17, 15) is 0 Å². The summed E-state index contributed by atoms with van der Waals surface area (Å²) in [5.41, 5.74) is 1.32. The molecule has 1 saturated heterocycles. The lowest BCUT2D eigenvalue weighted by atomic mass is 9.94. The second-order valence-corrected chi connectivity index (χ2v) is 6.74. The van der Waals surface area contributed by atoms with Crippen LogP contribution in [0.25, 0.3) is 0 Å². The third-order valence-corrected chi connectivity index (χ3v) is 5.14. The summed E-state index contributed by atoms with van der Waals surface area (Å²) in [6.45, 7) is 11.1. The molecule has 116 valence electrons. The molecule has 1 fully saturated rings. The molecule has 0 aliphatic carbocycles. The van der Waals surface area contributed by atoms with E-state index in [0.29, 0.717) is 12.1 Å². The molecule has 1 aromatic rings. The van der Waals surface area contributed by atoms with E-state index in [1.54, 1.807) is 0 Å². The summed E-state index contributed by atoms with van der Waals surface area (Å²) in [6, 6.07) is 9.35. The van der Waals surface area contributed by atoms with Gasteiger partial charge < -0.3 is 10.1 Å². The number of ether oxygens (including phenoxy) is 1. The van der Waals surface area contributed by atoms with E-state index >= 15 is 0 Å². The van der Waals surface area contributed by atoms with Crippen LogP contribution in [0.15, 0.2) is 24.3 Å². The van der Waals surface area contributed by atoms with Gasteiger partial charge in [-0.25, -0.2) is 0 Å². The van der Waals surface area contributed by atoms with E-state index < -0.39 is 0 Å². The monoisotopic (exact) mass is 288 g/mol. The van der Waals surface area contributed by atoms with Gasteiger partial charge in [-0.15, -0.1) is 0 Å². The zero-order valence-electron chi connectivity index (χ0n) is 13.5. The fraction of sp³-hybridized carbons (Fsp3) is 0.667. The Hall–Kier alpha value is -1.06. The van der Waals surface area contributed by atoms with Gasteiger partial charge >= 0.3 is 0 Å². The Labute approximate surface area is 128 Å². The van der Waals surface area contributed by atoms with Crippen molar-refractivity contribution < 1.29 is 4.74 Å². The summed E-state index contributed by atoms with van der Waals surface area (Å²) in [7, 11) is 0. The van der Waals surface area contributed by atoms with Gasteiger partial charge in [-0.05, 0) is 37.4 Å². The van der Waals surface area contributed by atoms with Crippen molar-refractivity contribution in [2.75, 3.05) is 26.2 Å².